The van der Waals surface area contributed by atoms with E-state index in [4.69, 9.17) is 10.2 Å². The summed E-state index contributed by atoms with van der Waals surface area (Å²) in [6.07, 6.45) is 1.60. The van der Waals surface area contributed by atoms with Gasteiger partial charge in [0.25, 0.3) is 0 Å². The Hall–Kier alpha value is -2.27. The van der Waals surface area contributed by atoms with Crippen LogP contribution in [0.5, 0.6) is 0 Å². The van der Waals surface area contributed by atoms with Crippen molar-refractivity contribution in [2.24, 2.45) is 5.73 Å². The van der Waals surface area contributed by atoms with Crippen LogP contribution in [0.4, 0.5) is 10.5 Å². The van der Waals surface area contributed by atoms with Crippen molar-refractivity contribution in [2.75, 3.05) is 11.9 Å². The number of amides is 2. The van der Waals surface area contributed by atoms with Gasteiger partial charge in [0, 0.05) is 18.8 Å². The molecule has 0 radical (unpaired) electrons. The molecule has 0 saturated carbocycles. The van der Waals surface area contributed by atoms with Crippen molar-refractivity contribution in [1.29, 1.82) is 0 Å². The van der Waals surface area contributed by atoms with E-state index in [0.29, 0.717) is 19.6 Å². The lowest BCUT2D eigenvalue weighted by molar-refractivity contribution is 0.207. The van der Waals surface area contributed by atoms with E-state index in [9.17, 15) is 4.79 Å². The molecule has 0 bridgehead atoms. The molecule has 1 aromatic carbocycles. The van der Waals surface area contributed by atoms with Crippen LogP contribution in [0.3, 0.4) is 0 Å². The van der Waals surface area contributed by atoms with Crippen LogP contribution in [-0.4, -0.2) is 17.5 Å². The summed E-state index contributed by atoms with van der Waals surface area (Å²) >= 11 is 0. The Bertz CT molecular complexity index is 552. The van der Waals surface area contributed by atoms with Gasteiger partial charge >= 0.3 is 6.03 Å². The van der Waals surface area contributed by atoms with E-state index in [1.54, 1.807) is 11.2 Å². The molecule has 0 atom stereocenters. The van der Waals surface area contributed by atoms with Crippen LogP contribution in [0.15, 0.2) is 47.1 Å². The van der Waals surface area contributed by atoms with Gasteiger partial charge in [0.15, 0.2) is 0 Å². The van der Waals surface area contributed by atoms with Crippen molar-refractivity contribution in [2.45, 2.75) is 20.0 Å². The zero-order valence-corrected chi connectivity index (χ0v) is 11.5. The van der Waals surface area contributed by atoms with E-state index >= 15 is 0 Å². The second kappa shape index (κ2) is 6.77. The molecule has 0 spiro atoms. The predicted octanol–water partition coefficient (Wildman–Crippen LogP) is 2.79. The van der Waals surface area contributed by atoms with Gasteiger partial charge in [0.05, 0.1) is 12.8 Å². The molecule has 0 fully saturated rings. The molecule has 0 aliphatic rings. The van der Waals surface area contributed by atoms with E-state index in [1.165, 1.54) is 0 Å². The Morgan fingerprint density at radius 1 is 1.35 bits per heavy atom. The number of hydrogen-bond donors (Lipinski definition) is 2. The Morgan fingerprint density at radius 3 is 2.85 bits per heavy atom. The number of furan rings is 1. The Balaban J connectivity index is 2.01. The number of urea groups is 1. The first-order chi connectivity index (χ1) is 9.72. The normalized spacial score (nSPS) is 10.3. The lowest BCUT2D eigenvalue weighted by atomic mass is 10.2. The van der Waals surface area contributed by atoms with Crippen LogP contribution in [0.2, 0.25) is 0 Å². The maximum Gasteiger partial charge on any atom is 0.322 e. The van der Waals surface area contributed by atoms with E-state index in [1.807, 2.05) is 43.3 Å². The summed E-state index contributed by atoms with van der Waals surface area (Å²) in [7, 11) is 0. The van der Waals surface area contributed by atoms with Gasteiger partial charge in [0.2, 0.25) is 0 Å². The highest BCUT2D eigenvalue weighted by Gasteiger charge is 2.13. The number of nitrogens with two attached hydrogens (primary N) is 1. The molecule has 0 saturated heterocycles. The van der Waals surface area contributed by atoms with E-state index in [2.05, 4.69) is 5.32 Å². The molecule has 2 aromatic rings. The molecular formula is C15H19N3O2. The summed E-state index contributed by atoms with van der Waals surface area (Å²) in [5.74, 6) is 0.762. The van der Waals surface area contributed by atoms with Gasteiger partial charge in [-0.05, 0) is 36.8 Å². The van der Waals surface area contributed by atoms with Crippen molar-refractivity contribution in [3.05, 3.63) is 54.0 Å². The van der Waals surface area contributed by atoms with Crippen molar-refractivity contribution in [3.63, 3.8) is 0 Å². The second-order valence-electron chi connectivity index (χ2n) is 4.43. The molecule has 20 heavy (non-hydrogen) atoms. The molecule has 3 N–H and O–H groups in total. The van der Waals surface area contributed by atoms with Gasteiger partial charge < -0.3 is 20.4 Å². The average molecular weight is 273 g/mol. The maximum absolute atomic E-state index is 12.2. The minimum atomic E-state index is -0.155. The van der Waals surface area contributed by atoms with Crippen molar-refractivity contribution in [3.8, 4) is 0 Å². The minimum Gasteiger partial charge on any atom is -0.467 e. The van der Waals surface area contributed by atoms with Gasteiger partial charge in [-0.3, -0.25) is 0 Å². The predicted molar refractivity (Wildman–Crippen MR) is 78.1 cm³/mol. The largest absolute Gasteiger partial charge is 0.467 e. The molecule has 5 heteroatoms. The highest BCUT2D eigenvalue weighted by atomic mass is 16.3. The fourth-order valence-electron chi connectivity index (χ4n) is 1.90. The standard InChI is InChI=1S/C15H19N3O2/c1-2-18(11-14-7-4-8-20-14)15(19)17-13-6-3-5-12(9-13)10-16/h3-9H,2,10-11,16H2,1H3,(H,17,19). The van der Waals surface area contributed by atoms with Crippen LogP contribution >= 0.6 is 0 Å². The second-order valence-corrected chi connectivity index (χ2v) is 4.43. The monoisotopic (exact) mass is 273 g/mol. The molecule has 2 amide bonds. The number of rotatable bonds is 5. The summed E-state index contributed by atoms with van der Waals surface area (Å²) in [6.45, 7) is 3.43. The van der Waals surface area contributed by atoms with E-state index in [-0.39, 0.29) is 6.03 Å². The van der Waals surface area contributed by atoms with Gasteiger partial charge in [-0.1, -0.05) is 12.1 Å². The molecule has 0 unspecified atom stereocenters. The molecule has 1 aromatic heterocycles. The molecule has 0 aliphatic heterocycles. The Morgan fingerprint density at radius 2 is 2.20 bits per heavy atom. The summed E-state index contributed by atoms with van der Waals surface area (Å²) in [6, 6.07) is 11.0. The lowest BCUT2D eigenvalue weighted by Gasteiger charge is -2.20. The Kier molecular flexibility index (Phi) is 4.79. The fraction of sp³-hybridized carbons (Fsp3) is 0.267. The third kappa shape index (κ3) is 3.61. The minimum absolute atomic E-state index is 0.155. The molecule has 0 aliphatic carbocycles. The quantitative estimate of drug-likeness (QED) is 0.880. The molecule has 106 valence electrons. The number of nitrogens with one attached hydrogen (secondary N) is 1. The number of nitrogens with zero attached hydrogens (tertiary/aromatic N) is 1. The van der Waals surface area contributed by atoms with Crippen LogP contribution in [0.1, 0.15) is 18.2 Å². The van der Waals surface area contributed by atoms with Gasteiger partial charge in [-0.25, -0.2) is 4.79 Å². The van der Waals surface area contributed by atoms with Crippen molar-refractivity contribution in [1.82, 2.24) is 4.90 Å². The summed E-state index contributed by atoms with van der Waals surface area (Å²) in [4.78, 5) is 13.9. The van der Waals surface area contributed by atoms with Crippen LogP contribution < -0.4 is 11.1 Å². The van der Waals surface area contributed by atoms with Crippen molar-refractivity contribution >= 4 is 11.7 Å². The van der Waals surface area contributed by atoms with E-state index < -0.39 is 0 Å². The first-order valence-corrected chi connectivity index (χ1v) is 6.60. The third-order valence-corrected chi connectivity index (χ3v) is 3.01. The summed E-state index contributed by atoms with van der Waals surface area (Å²) in [5.41, 5.74) is 7.32. The number of benzene rings is 1. The molecule has 1 heterocycles. The fourth-order valence-corrected chi connectivity index (χ4v) is 1.90. The SMILES string of the molecule is CCN(Cc1ccco1)C(=O)Nc1cccc(CN)c1. The van der Waals surface area contributed by atoms with Crippen LogP contribution in [0, 0.1) is 0 Å². The van der Waals surface area contributed by atoms with E-state index in [0.717, 1.165) is 17.0 Å². The number of carbonyl (C=O) groups is 1. The number of carbonyl (C=O) groups excluding carboxylic acids is 1. The summed E-state index contributed by atoms with van der Waals surface area (Å²) < 4.78 is 5.26. The first-order valence-electron chi connectivity index (χ1n) is 6.60. The Labute approximate surface area is 118 Å². The molecule has 5 nitrogen and oxygen atoms in total. The smallest absolute Gasteiger partial charge is 0.322 e. The topological polar surface area (TPSA) is 71.5 Å². The van der Waals surface area contributed by atoms with Crippen LogP contribution in [0.25, 0.3) is 0 Å². The maximum atomic E-state index is 12.2. The summed E-state index contributed by atoms with van der Waals surface area (Å²) in [5, 5.41) is 2.87. The first kappa shape index (κ1) is 14.1. The van der Waals surface area contributed by atoms with Crippen LogP contribution in [-0.2, 0) is 13.1 Å². The lowest BCUT2D eigenvalue weighted by Crippen LogP contribution is -2.34. The molecule has 2 rings (SSSR count). The van der Waals surface area contributed by atoms with Gasteiger partial charge in [-0.2, -0.15) is 0 Å². The van der Waals surface area contributed by atoms with Gasteiger partial charge in [-0.15, -0.1) is 0 Å². The third-order valence-electron chi connectivity index (χ3n) is 3.01. The number of anilines is 1. The number of hydrogen-bond acceptors (Lipinski definition) is 3. The highest BCUT2D eigenvalue weighted by molar-refractivity contribution is 5.89. The average Bonchev–Trinajstić information content (AvgIpc) is 2.97. The van der Waals surface area contributed by atoms with Gasteiger partial charge in [0.1, 0.15) is 5.76 Å². The highest BCUT2D eigenvalue weighted by Crippen LogP contribution is 2.12. The zero-order chi connectivity index (χ0) is 14.4. The molecular weight excluding hydrogens is 254 g/mol. The van der Waals surface area contributed by atoms with Crippen molar-refractivity contribution < 1.29 is 9.21 Å². The zero-order valence-electron chi connectivity index (χ0n) is 11.5.